The summed E-state index contributed by atoms with van der Waals surface area (Å²) >= 11 is 0. The van der Waals surface area contributed by atoms with Gasteiger partial charge in [0.15, 0.2) is 0 Å². The van der Waals surface area contributed by atoms with Crippen molar-refractivity contribution >= 4 is 23.6 Å². The molecule has 2 fully saturated rings. The second-order valence-corrected chi connectivity index (χ2v) is 5.36. The van der Waals surface area contributed by atoms with Gasteiger partial charge in [-0.3, -0.25) is 29.4 Å². The maximum atomic E-state index is 12.6. The van der Waals surface area contributed by atoms with E-state index in [2.05, 4.69) is 5.32 Å². The summed E-state index contributed by atoms with van der Waals surface area (Å²) in [6.45, 7) is 0.251. The van der Waals surface area contributed by atoms with E-state index in [0.717, 1.165) is 4.90 Å². The van der Waals surface area contributed by atoms with E-state index in [1.807, 2.05) is 0 Å². The van der Waals surface area contributed by atoms with Gasteiger partial charge in [0.1, 0.15) is 6.04 Å². The third-order valence-corrected chi connectivity index (χ3v) is 4.16. The van der Waals surface area contributed by atoms with Crippen LogP contribution in [0.1, 0.15) is 12.8 Å². The van der Waals surface area contributed by atoms with E-state index < -0.39 is 29.7 Å². The number of amides is 4. The van der Waals surface area contributed by atoms with Gasteiger partial charge >= 0.3 is 0 Å². The number of carbonyl (C=O) groups is 4. The average Bonchev–Trinajstić information content (AvgIpc) is 2.72. The molecule has 0 spiro atoms. The summed E-state index contributed by atoms with van der Waals surface area (Å²) in [7, 11) is 0. The second kappa shape index (κ2) is 4.92. The lowest BCUT2D eigenvalue weighted by atomic mass is 9.84. The number of likely N-dealkylation sites (tertiary alicyclic amines) is 1. The fourth-order valence-corrected chi connectivity index (χ4v) is 3.10. The minimum absolute atomic E-state index is 0.121. The topological polar surface area (TPSA) is 110 Å². The van der Waals surface area contributed by atoms with E-state index in [4.69, 9.17) is 5.73 Å². The van der Waals surface area contributed by atoms with E-state index in [-0.39, 0.29) is 31.2 Å². The van der Waals surface area contributed by atoms with Crippen LogP contribution in [0, 0.1) is 11.8 Å². The van der Waals surface area contributed by atoms with Gasteiger partial charge in [0.2, 0.25) is 17.7 Å². The molecule has 3 rings (SSSR count). The molecule has 2 heterocycles. The van der Waals surface area contributed by atoms with Crippen LogP contribution in [-0.2, 0) is 19.2 Å². The summed E-state index contributed by atoms with van der Waals surface area (Å²) < 4.78 is 0. The number of nitrogens with two attached hydrogens (primary N) is 1. The Kier molecular flexibility index (Phi) is 3.21. The summed E-state index contributed by atoms with van der Waals surface area (Å²) in [5.74, 6) is -2.68. The zero-order valence-corrected chi connectivity index (χ0v) is 11.2. The quantitative estimate of drug-likeness (QED) is 0.624. The Morgan fingerprint density at radius 3 is 2.71 bits per heavy atom. The lowest BCUT2D eigenvalue weighted by Crippen LogP contribution is -2.54. The Hall–Kier alpha value is -2.28. The fourth-order valence-electron chi connectivity index (χ4n) is 3.10. The Labute approximate surface area is 120 Å². The second-order valence-electron chi connectivity index (χ2n) is 5.36. The summed E-state index contributed by atoms with van der Waals surface area (Å²) in [4.78, 5) is 49.1. The van der Waals surface area contributed by atoms with E-state index in [9.17, 15) is 19.2 Å². The molecule has 3 unspecified atom stereocenters. The Balaban J connectivity index is 1.92. The predicted octanol–water partition coefficient (Wildman–Crippen LogP) is -1.15. The number of carbonyl (C=O) groups excluding carboxylic acids is 4. The number of nitrogens with one attached hydrogen (secondary N) is 1. The van der Waals surface area contributed by atoms with Gasteiger partial charge in [0.25, 0.3) is 5.91 Å². The van der Waals surface area contributed by atoms with Crippen molar-refractivity contribution in [3.8, 4) is 0 Å². The normalized spacial score (nSPS) is 32.1. The number of hydrogen-bond donors (Lipinski definition) is 2. The maximum Gasteiger partial charge on any atom is 0.257 e. The predicted molar refractivity (Wildman–Crippen MR) is 71.3 cm³/mol. The smallest absolute Gasteiger partial charge is 0.257 e. The number of nitrogens with zero attached hydrogens (tertiary/aromatic N) is 1. The van der Waals surface area contributed by atoms with Crippen molar-refractivity contribution in [2.45, 2.75) is 18.9 Å². The average molecular weight is 289 g/mol. The summed E-state index contributed by atoms with van der Waals surface area (Å²) in [5.41, 5.74) is 6.03. The van der Waals surface area contributed by atoms with Gasteiger partial charge in [-0.2, -0.15) is 0 Å². The van der Waals surface area contributed by atoms with Gasteiger partial charge < -0.3 is 5.73 Å². The number of rotatable bonds is 2. The summed E-state index contributed by atoms with van der Waals surface area (Å²) in [6.07, 6.45) is 5.40. The van der Waals surface area contributed by atoms with Gasteiger partial charge in [0.05, 0.1) is 5.92 Å². The molecule has 0 bridgehead atoms. The summed E-state index contributed by atoms with van der Waals surface area (Å²) in [5, 5.41) is 2.17. The van der Waals surface area contributed by atoms with Crippen molar-refractivity contribution < 1.29 is 19.2 Å². The van der Waals surface area contributed by atoms with Gasteiger partial charge in [-0.05, 0) is 13.0 Å². The van der Waals surface area contributed by atoms with Crippen molar-refractivity contribution in [3.63, 3.8) is 0 Å². The first kappa shape index (κ1) is 13.7. The Morgan fingerprint density at radius 1 is 1.29 bits per heavy atom. The third kappa shape index (κ3) is 2.01. The molecule has 3 aliphatic rings. The van der Waals surface area contributed by atoms with Crippen LogP contribution in [0.5, 0.6) is 0 Å². The highest BCUT2D eigenvalue weighted by Gasteiger charge is 2.51. The minimum Gasteiger partial charge on any atom is -0.330 e. The first-order chi connectivity index (χ1) is 10.0. The standard InChI is InChI=1S/C14H15N3O4/c15-6-7-2-1-3-8-11(7)14(21)17(13(8)20)9-4-5-10(18)16-12(9)19/h1-3,7,9,11H,4-6,15H2,(H,16,18,19). The number of piperidine rings is 1. The molecule has 2 saturated heterocycles. The molecule has 21 heavy (non-hydrogen) atoms. The highest BCUT2D eigenvalue weighted by molar-refractivity contribution is 6.18. The van der Waals surface area contributed by atoms with Crippen LogP contribution < -0.4 is 11.1 Å². The molecule has 0 radical (unpaired) electrons. The number of imide groups is 2. The number of fused-ring (bicyclic) bond motifs is 1. The Bertz CT molecular complexity index is 607. The molecule has 0 aromatic heterocycles. The first-order valence-corrected chi connectivity index (χ1v) is 6.84. The molecule has 0 aromatic rings. The Morgan fingerprint density at radius 2 is 2.05 bits per heavy atom. The molecule has 110 valence electrons. The zero-order valence-electron chi connectivity index (χ0n) is 11.2. The van der Waals surface area contributed by atoms with Crippen molar-refractivity contribution in [1.29, 1.82) is 0 Å². The van der Waals surface area contributed by atoms with Crippen molar-refractivity contribution in [2.24, 2.45) is 17.6 Å². The maximum absolute atomic E-state index is 12.6. The largest absolute Gasteiger partial charge is 0.330 e. The molecule has 0 saturated carbocycles. The van der Waals surface area contributed by atoms with Gasteiger partial charge in [-0.25, -0.2) is 0 Å². The third-order valence-electron chi connectivity index (χ3n) is 4.16. The lowest BCUT2D eigenvalue weighted by molar-refractivity contribution is -0.151. The molecule has 7 heteroatoms. The number of allylic oxidation sites excluding steroid dienone is 2. The SMILES string of the molecule is NCC1C=CC=C2C(=O)N(C3CCC(=O)NC3=O)C(=O)C21. The van der Waals surface area contributed by atoms with Gasteiger partial charge in [-0.1, -0.05) is 18.2 Å². The van der Waals surface area contributed by atoms with Crippen LogP contribution in [0.2, 0.25) is 0 Å². The monoisotopic (exact) mass is 289 g/mol. The molecule has 4 amide bonds. The minimum atomic E-state index is -0.910. The fraction of sp³-hybridized carbons (Fsp3) is 0.429. The molecule has 3 atom stereocenters. The zero-order chi connectivity index (χ0) is 15.1. The van der Waals surface area contributed by atoms with Crippen LogP contribution in [0.3, 0.4) is 0 Å². The van der Waals surface area contributed by atoms with Crippen LogP contribution in [0.15, 0.2) is 23.8 Å². The van der Waals surface area contributed by atoms with Crippen molar-refractivity contribution in [1.82, 2.24) is 10.2 Å². The van der Waals surface area contributed by atoms with Crippen LogP contribution in [-0.4, -0.2) is 41.1 Å². The van der Waals surface area contributed by atoms with E-state index in [0.29, 0.717) is 5.57 Å². The lowest BCUT2D eigenvalue weighted by Gasteiger charge is -2.28. The molecule has 7 nitrogen and oxygen atoms in total. The van der Waals surface area contributed by atoms with E-state index in [1.165, 1.54) is 0 Å². The molecule has 1 aliphatic carbocycles. The van der Waals surface area contributed by atoms with Crippen LogP contribution in [0.4, 0.5) is 0 Å². The van der Waals surface area contributed by atoms with Gasteiger partial charge in [0, 0.05) is 17.9 Å². The van der Waals surface area contributed by atoms with E-state index >= 15 is 0 Å². The van der Waals surface area contributed by atoms with Crippen molar-refractivity contribution in [3.05, 3.63) is 23.8 Å². The van der Waals surface area contributed by atoms with E-state index in [1.54, 1.807) is 18.2 Å². The van der Waals surface area contributed by atoms with Crippen molar-refractivity contribution in [2.75, 3.05) is 6.54 Å². The molecule has 2 aliphatic heterocycles. The molecular weight excluding hydrogens is 274 g/mol. The highest BCUT2D eigenvalue weighted by atomic mass is 16.2. The first-order valence-electron chi connectivity index (χ1n) is 6.84. The highest BCUT2D eigenvalue weighted by Crippen LogP contribution is 2.36. The number of hydrogen-bond acceptors (Lipinski definition) is 5. The molecule has 0 aromatic carbocycles. The van der Waals surface area contributed by atoms with Crippen LogP contribution in [0.25, 0.3) is 0 Å². The molecule has 3 N–H and O–H groups in total. The van der Waals surface area contributed by atoms with Gasteiger partial charge in [-0.15, -0.1) is 0 Å². The molecular formula is C14H15N3O4. The summed E-state index contributed by atoms with van der Waals surface area (Å²) in [6, 6.07) is -0.910. The van der Waals surface area contributed by atoms with Crippen LogP contribution >= 0.6 is 0 Å².